The second-order valence-electron chi connectivity index (χ2n) is 6.38. The fraction of sp³-hybridized carbons (Fsp3) is 0.130. The van der Waals surface area contributed by atoms with Crippen molar-refractivity contribution in [1.82, 2.24) is 5.32 Å². The SMILES string of the molecule is O=C(NC(=S)Nc1ccc(OCCCc2ccccc2)cc1)c1ccc(Cl)cc1. The summed E-state index contributed by atoms with van der Waals surface area (Å²) in [5.74, 6) is 0.497. The van der Waals surface area contributed by atoms with Crippen LogP contribution in [0.25, 0.3) is 0 Å². The van der Waals surface area contributed by atoms with Gasteiger partial charge in [-0.15, -0.1) is 0 Å². The van der Waals surface area contributed by atoms with E-state index in [2.05, 4.69) is 22.8 Å². The van der Waals surface area contributed by atoms with Crippen molar-refractivity contribution >= 4 is 40.5 Å². The van der Waals surface area contributed by atoms with Gasteiger partial charge >= 0.3 is 0 Å². The largest absolute Gasteiger partial charge is 0.494 e. The molecule has 0 fully saturated rings. The molecule has 0 atom stereocenters. The van der Waals surface area contributed by atoms with Crippen LogP contribution < -0.4 is 15.4 Å². The number of anilines is 1. The first-order chi connectivity index (χ1) is 14.1. The Balaban J connectivity index is 1.41. The van der Waals surface area contributed by atoms with Gasteiger partial charge in [0, 0.05) is 16.3 Å². The van der Waals surface area contributed by atoms with Gasteiger partial charge in [-0.3, -0.25) is 10.1 Å². The third kappa shape index (κ3) is 6.89. The number of halogens is 1. The van der Waals surface area contributed by atoms with Crippen LogP contribution in [0.5, 0.6) is 5.75 Å². The van der Waals surface area contributed by atoms with Gasteiger partial charge in [0.1, 0.15) is 5.75 Å². The Morgan fingerprint density at radius 2 is 1.62 bits per heavy atom. The van der Waals surface area contributed by atoms with Gasteiger partial charge in [-0.1, -0.05) is 41.9 Å². The number of benzene rings is 3. The summed E-state index contributed by atoms with van der Waals surface area (Å²) in [6.45, 7) is 0.650. The minimum Gasteiger partial charge on any atom is -0.494 e. The van der Waals surface area contributed by atoms with E-state index in [-0.39, 0.29) is 11.0 Å². The summed E-state index contributed by atoms with van der Waals surface area (Å²) in [6.07, 6.45) is 1.94. The molecule has 0 radical (unpaired) electrons. The third-order valence-corrected chi connectivity index (χ3v) is 4.62. The molecule has 0 aliphatic heterocycles. The Bertz CT molecular complexity index is 945. The first-order valence-corrected chi connectivity index (χ1v) is 10.0. The lowest BCUT2D eigenvalue weighted by Crippen LogP contribution is -2.34. The molecule has 0 saturated heterocycles. The van der Waals surface area contributed by atoms with E-state index < -0.39 is 0 Å². The van der Waals surface area contributed by atoms with E-state index in [1.54, 1.807) is 24.3 Å². The van der Waals surface area contributed by atoms with Crippen LogP contribution in [0.4, 0.5) is 5.69 Å². The van der Waals surface area contributed by atoms with Gasteiger partial charge in [0.05, 0.1) is 6.61 Å². The number of aryl methyl sites for hydroxylation is 1. The van der Waals surface area contributed by atoms with Crippen molar-refractivity contribution in [2.45, 2.75) is 12.8 Å². The molecule has 3 rings (SSSR count). The van der Waals surface area contributed by atoms with Crippen molar-refractivity contribution in [2.24, 2.45) is 0 Å². The molecule has 0 unspecified atom stereocenters. The molecule has 3 aromatic rings. The predicted molar refractivity (Wildman–Crippen MR) is 122 cm³/mol. The number of amides is 1. The van der Waals surface area contributed by atoms with Crippen molar-refractivity contribution in [2.75, 3.05) is 11.9 Å². The lowest BCUT2D eigenvalue weighted by atomic mass is 10.1. The smallest absolute Gasteiger partial charge is 0.257 e. The van der Waals surface area contributed by atoms with E-state index in [0.717, 1.165) is 24.3 Å². The van der Waals surface area contributed by atoms with Gasteiger partial charge in [0.15, 0.2) is 5.11 Å². The fourth-order valence-corrected chi connectivity index (χ4v) is 3.02. The molecule has 0 spiro atoms. The lowest BCUT2D eigenvalue weighted by molar-refractivity contribution is 0.0977. The molecule has 0 aromatic heterocycles. The maximum Gasteiger partial charge on any atom is 0.257 e. The zero-order valence-electron chi connectivity index (χ0n) is 15.7. The minimum atomic E-state index is -0.294. The highest BCUT2D eigenvalue weighted by atomic mass is 35.5. The number of carbonyl (C=O) groups excluding carboxylic acids is 1. The highest BCUT2D eigenvalue weighted by molar-refractivity contribution is 7.80. The predicted octanol–water partition coefficient (Wildman–Crippen LogP) is 5.48. The molecule has 0 aliphatic rings. The highest BCUT2D eigenvalue weighted by Crippen LogP contribution is 2.16. The standard InChI is InChI=1S/C23H21ClN2O2S/c24-19-10-8-18(9-11-19)22(27)26-23(29)25-20-12-14-21(15-13-20)28-16-4-7-17-5-2-1-3-6-17/h1-3,5-6,8-15H,4,7,16H2,(H2,25,26,27,29). The Labute approximate surface area is 180 Å². The van der Waals surface area contributed by atoms with Crippen molar-refractivity contribution in [3.63, 3.8) is 0 Å². The molecule has 1 amide bonds. The highest BCUT2D eigenvalue weighted by Gasteiger charge is 2.08. The zero-order chi connectivity index (χ0) is 20.5. The van der Waals surface area contributed by atoms with Gasteiger partial charge < -0.3 is 10.1 Å². The number of hydrogen-bond acceptors (Lipinski definition) is 3. The van der Waals surface area contributed by atoms with Crippen molar-refractivity contribution in [3.8, 4) is 5.75 Å². The third-order valence-electron chi connectivity index (χ3n) is 4.17. The molecule has 0 saturated carbocycles. The second-order valence-corrected chi connectivity index (χ2v) is 7.22. The summed E-state index contributed by atoms with van der Waals surface area (Å²) < 4.78 is 5.78. The maximum atomic E-state index is 12.2. The Morgan fingerprint density at radius 3 is 2.31 bits per heavy atom. The molecule has 0 aliphatic carbocycles. The zero-order valence-corrected chi connectivity index (χ0v) is 17.3. The fourth-order valence-electron chi connectivity index (χ4n) is 2.68. The quantitative estimate of drug-likeness (QED) is 0.389. The van der Waals surface area contributed by atoms with Crippen LogP contribution in [0.2, 0.25) is 5.02 Å². The van der Waals surface area contributed by atoms with Crippen LogP contribution >= 0.6 is 23.8 Å². The van der Waals surface area contributed by atoms with Gasteiger partial charge in [0.2, 0.25) is 0 Å². The van der Waals surface area contributed by atoms with Crippen LogP contribution in [0.15, 0.2) is 78.9 Å². The Hall–Kier alpha value is -2.89. The van der Waals surface area contributed by atoms with Crippen LogP contribution in [0, 0.1) is 0 Å². The monoisotopic (exact) mass is 424 g/mol. The number of ether oxygens (including phenoxy) is 1. The summed E-state index contributed by atoms with van der Waals surface area (Å²) in [6, 6.07) is 24.4. The van der Waals surface area contributed by atoms with E-state index in [1.165, 1.54) is 5.56 Å². The second kappa shape index (κ2) is 10.6. The molecule has 4 nitrogen and oxygen atoms in total. The summed E-state index contributed by atoms with van der Waals surface area (Å²) >= 11 is 11.0. The summed E-state index contributed by atoms with van der Waals surface area (Å²) in [4.78, 5) is 12.2. The van der Waals surface area contributed by atoms with Gasteiger partial charge in [-0.25, -0.2) is 0 Å². The molecule has 6 heteroatoms. The topological polar surface area (TPSA) is 50.4 Å². The Morgan fingerprint density at radius 1 is 0.931 bits per heavy atom. The molecule has 0 heterocycles. The van der Waals surface area contributed by atoms with Crippen molar-refractivity contribution < 1.29 is 9.53 Å². The number of thiocarbonyl (C=S) groups is 1. The molecule has 2 N–H and O–H groups in total. The minimum absolute atomic E-state index is 0.224. The average Bonchev–Trinajstić information content (AvgIpc) is 2.73. The average molecular weight is 425 g/mol. The van der Waals surface area contributed by atoms with E-state index in [4.69, 9.17) is 28.6 Å². The van der Waals surface area contributed by atoms with Gasteiger partial charge in [-0.05, 0) is 79.2 Å². The first-order valence-electron chi connectivity index (χ1n) is 9.25. The van der Waals surface area contributed by atoms with E-state index in [9.17, 15) is 4.79 Å². The van der Waals surface area contributed by atoms with Crippen LogP contribution in [-0.4, -0.2) is 17.6 Å². The molecule has 3 aromatic carbocycles. The molecule has 29 heavy (non-hydrogen) atoms. The van der Waals surface area contributed by atoms with E-state index in [1.807, 2.05) is 42.5 Å². The number of carbonyl (C=O) groups is 1. The molecule has 148 valence electrons. The van der Waals surface area contributed by atoms with Gasteiger partial charge in [0.25, 0.3) is 5.91 Å². The van der Waals surface area contributed by atoms with Crippen molar-refractivity contribution in [1.29, 1.82) is 0 Å². The molecular weight excluding hydrogens is 404 g/mol. The molecular formula is C23H21ClN2O2S. The summed E-state index contributed by atoms with van der Waals surface area (Å²) in [5.41, 5.74) is 2.56. The summed E-state index contributed by atoms with van der Waals surface area (Å²) in [5, 5.41) is 6.43. The van der Waals surface area contributed by atoms with Crippen LogP contribution in [0.3, 0.4) is 0 Å². The first kappa shape index (κ1) is 20.8. The maximum absolute atomic E-state index is 12.2. The van der Waals surface area contributed by atoms with Crippen molar-refractivity contribution in [3.05, 3.63) is 95.0 Å². The van der Waals surface area contributed by atoms with E-state index in [0.29, 0.717) is 17.2 Å². The lowest BCUT2D eigenvalue weighted by Gasteiger charge is -2.11. The number of hydrogen-bond donors (Lipinski definition) is 2. The van der Waals surface area contributed by atoms with Crippen LogP contribution in [-0.2, 0) is 6.42 Å². The number of rotatable bonds is 7. The normalized spacial score (nSPS) is 10.2. The molecule has 0 bridgehead atoms. The van der Waals surface area contributed by atoms with Gasteiger partial charge in [-0.2, -0.15) is 0 Å². The van der Waals surface area contributed by atoms with Crippen LogP contribution in [0.1, 0.15) is 22.3 Å². The Kier molecular flexibility index (Phi) is 7.61. The summed E-state index contributed by atoms with van der Waals surface area (Å²) in [7, 11) is 0. The van der Waals surface area contributed by atoms with E-state index >= 15 is 0 Å². The number of nitrogens with one attached hydrogen (secondary N) is 2.